The van der Waals surface area contributed by atoms with Gasteiger partial charge >= 0.3 is 0 Å². The predicted octanol–water partition coefficient (Wildman–Crippen LogP) is 1.54. The van der Waals surface area contributed by atoms with Crippen molar-refractivity contribution in [2.45, 2.75) is 45.6 Å². The number of rotatable bonds is 2. The van der Waals surface area contributed by atoms with Crippen LogP contribution < -0.4 is 5.32 Å². The molecule has 2 N–H and O–H groups in total. The summed E-state index contributed by atoms with van der Waals surface area (Å²) in [6.07, 6.45) is 5.71. The molecule has 68 valence electrons. The Labute approximate surface area is 70.0 Å². The summed E-state index contributed by atoms with van der Waals surface area (Å²) in [6.45, 7) is 5.25. The zero-order valence-corrected chi connectivity index (χ0v) is 7.77. The average molecular weight is 159 g/mol. The monoisotopic (exact) mass is 159 g/mol. The first-order chi connectivity index (χ1) is 5.35. The number of aliphatic hydroxyl groups is 1. The van der Waals surface area contributed by atoms with Crippen LogP contribution in [-0.2, 0) is 0 Å². The molecule has 11 heavy (non-hydrogen) atoms. The van der Waals surface area contributed by atoms with Crippen LogP contribution in [-0.4, -0.2) is 24.3 Å². The maximum Gasteiger partial charge on any atom is 0.0402 e. The molecule has 0 bridgehead atoms. The zero-order valence-electron chi connectivity index (χ0n) is 7.77. The second-order valence-electron chi connectivity index (χ2n) is 2.86. The van der Waals surface area contributed by atoms with Crippen molar-refractivity contribution in [3.05, 3.63) is 0 Å². The van der Waals surface area contributed by atoms with Crippen molar-refractivity contribution in [2.75, 3.05) is 13.2 Å². The Hall–Kier alpha value is -0.0800. The lowest BCUT2D eigenvalue weighted by Gasteiger charge is -2.07. The molecule has 1 fully saturated rings. The Morgan fingerprint density at radius 1 is 1.27 bits per heavy atom. The maximum atomic E-state index is 7.57. The molecule has 0 saturated heterocycles. The van der Waals surface area contributed by atoms with E-state index in [-0.39, 0.29) is 6.61 Å². The van der Waals surface area contributed by atoms with Gasteiger partial charge in [-0.2, -0.15) is 0 Å². The minimum absolute atomic E-state index is 0.250. The summed E-state index contributed by atoms with van der Waals surface area (Å²) in [6, 6.07) is 0.861. The van der Waals surface area contributed by atoms with Gasteiger partial charge in [-0.1, -0.05) is 19.8 Å². The van der Waals surface area contributed by atoms with E-state index >= 15 is 0 Å². The Morgan fingerprint density at radius 3 is 2.09 bits per heavy atom. The van der Waals surface area contributed by atoms with Crippen LogP contribution in [0.4, 0.5) is 0 Å². The lowest BCUT2D eigenvalue weighted by atomic mass is 10.2. The second kappa shape index (κ2) is 8.02. The van der Waals surface area contributed by atoms with Crippen molar-refractivity contribution in [1.82, 2.24) is 5.32 Å². The normalized spacial score (nSPS) is 17.7. The SMILES string of the molecule is CCNC1CCCC1.CCO. The van der Waals surface area contributed by atoms with Crippen LogP contribution in [0.15, 0.2) is 0 Å². The summed E-state index contributed by atoms with van der Waals surface area (Å²) in [5.41, 5.74) is 0. The Morgan fingerprint density at radius 2 is 1.73 bits per heavy atom. The molecule has 1 aliphatic rings. The summed E-state index contributed by atoms with van der Waals surface area (Å²) in [5.74, 6) is 0. The number of hydrogen-bond acceptors (Lipinski definition) is 2. The fraction of sp³-hybridized carbons (Fsp3) is 1.00. The van der Waals surface area contributed by atoms with Crippen molar-refractivity contribution in [3.63, 3.8) is 0 Å². The summed E-state index contributed by atoms with van der Waals surface area (Å²) in [4.78, 5) is 0. The maximum absolute atomic E-state index is 7.57. The van der Waals surface area contributed by atoms with E-state index in [0.29, 0.717) is 0 Å². The van der Waals surface area contributed by atoms with Gasteiger partial charge in [-0.3, -0.25) is 0 Å². The molecule has 2 heteroatoms. The van der Waals surface area contributed by atoms with Crippen molar-refractivity contribution in [3.8, 4) is 0 Å². The zero-order chi connectivity index (χ0) is 8.53. The van der Waals surface area contributed by atoms with Crippen LogP contribution >= 0.6 is 0 Å². The quantitative estimate of drug-likeness (QED) is 0.640. The number of hydrogen-bond donors (Lipinski definition) is 2. The first kappa shape index (κ1) is 10.9. The third-order valence-corrected chi connectivity index (χ3v) is 1.85. The molecule has 2 nitrogen and oxygen atoms in total. The number of nitrogens with one attached hydrogen (secondary N) is 1. The van der Waals surface area contributed by atoms with Crippen molar-refractivity contribution in [2.24, 2.45) is 0 Å². The molecule has 0 atom stereocenters. The van der Waals surface area contributed by atoms with Crippen LogP contribution in [0.3, 0.4) is 0 Å². The molecule has 1 rings (SSSR count). The van der Waals surface area contributed by atoms with Gasteiger partial charge in [0, 0.05) is 12.6 Å². The van der Waals surface area contributed by atoms with E-state index in [2.05, 4.69) is 12.2 Å². The predicted molar refractivity (Wildman–Crippen MR) is 48.7 cm³/mol. The van der Waals surface area contributed by atoms with Crippen molar-refractivity contribution >= 4 is 0 Å². The second-order valence-corrected chi connectivity index (χ2v) is 2.86. The van der Waals surface area contributed by atoms with Gasteiger partial charge in [0.2, 0.25) is 0 Å². The topological polar surface area (TPSA) is 32.3 Å². The third-order valence-electron chi connectivity index (χ3n) is 1.85. The molecule has 0 unspecified atom stereocenters. The van der Waals surface area contributed by atoms with Crippen LogP contribution in [0, 0.1) is 0 Å². The minimum Gasteiger partial charge on any atom is -0.397 e. The Kier molecular flexibility index (Phi) is 7.96. The van der Waals surface area contributed by atoms with E-state index < -0.39 is 0 Å². The van der Waals surface area contributed by atoms with Gasteiger partial charge in [0.15, 0.2) is 0 Å². The van der Waals surface area contributed by atoms with E-state index in [4.69, 9.17) is 5.11 Å². The van der Waals surface area contributed by atoms with E-state index in [0.717, 1.165) is 12.6 Å². The molecular formula is C9H21NO. The molecule has 0 aromatic heterocycles. The summed E-state index contributed by atoms with van der Waals surface area (Å²) < 4.78 is 0. The molecule has 1 saturated carbocycles. The van der Waals surface area contributed by atoms with Crippen LogP contribution in [0.25, 0.3) is 0 Å². The van der Waals surface area contributed by atoms with Gasteiger partial charge in [0.25, 0.3) is 0 Å². The molecule has 1 aliphatic carbocycles. The summed E-state index contributed by atoms with van der Waals surface area (Å²) in [5, 5.41) is 11.0. The lowest BCUT2D eigenvalue weighted by Crippen LogP contribution is -2.24. The van der Waals surface area contributed by atoms with Gasteiger partial charge in [0.05, 0.1) is 0 Å². The summed E-state index contributed by atoms with van der Waals surface area (Å²) in [7, 11) is 0. The molecule has 0 radical (unpaired) electrons. The van der Waals surface area contributed by atoms with Gasteiger partial charge < -0.3 is 10.4 Å². The molecular weight excluding hydrogens is 138 g/mol. The Balaban J connectivity index is 0.000000292. The molecule has 0 spiro atoms. The minimum atomic E-state index is 0.250. The van der Waals surface area contributed by atoms with Crippen LogP contribution in [0.1, 0.15) is 39.5 Å². The first-order valence-corrected chi connectivity index (χ1v) is 4.69. The Bertz CT molecular complexity index is 70.0. The summed E-state index contributed by atoms with van der Waals surface area (Å²) >= 11 is 0. The molecule has 0 aromatic carbocycles. The van der Waals surface area contributed by atoms with E-state index in [9.17, 15) is 0 Å². The fourth-order valence-corrected chi connectivity index (χ4v) is 1.42. The van der Waals surface area contributed by atoms with Gasteiger partial charge in [-0.15, -0.1) is 0 Å². The average Bonchev–Trinajstić information content (AvgIpc) is 2.42. The highest BCUT2D eigenvalue weighted by atomic mass is 16.2. The van der Waals surface area contributed by atoms with E-state index in [1.807, 2.05) is 0 Å². The lowest BCUT2D eigenvalue weighted by molar-refractivity contribution is 0.318. The highest BCUT2D eigenvalue weighted by Gasteiger charge is 2.11. The standard InChI is InChI=1S/C7H15N.C2H6O/c1-2-8-7-5-3-4-6-7;1-2-3/h7-8H,2-6H2,1H3;3H,2H2,1H3. The van der Waals surface area contributed by atoms with Gasteiger partial charge in [0.1, 0.15) is 0 Å². The molecule has 0 amide bonds. The van der Waals surface area contributed by atoms with E-state index in [1.165, 1.54) is 25.7 Å². The van der Waals surface area contributed by atoms with E-state index in [1.54, 1.807) is 6.92 Å². The van der Waals surface area contributed by atoms with Crippen LogP contribution in [0.5, 0.6) is 0 Å². The highest BCUT2D eigenvalue weighted by Crippen LogP contribution is 2.16. The van der Waals surface area contributed by atoms with Crippen LogP contribution in [0.2, 0.25) is 0 Å². The van der Waals surface area contributed by atoms with Crippen molar-refractivity contribution in [1.29, 1.82) is 0 Å². The largest absolute Gasteiger partial charge is 0.397 e. The molecule has 0 heterocycles. The smallest absolute Gasteiger partial charge is 0.0402 e. The fourth-order valence-electron chi connectivity index (χ4n) is 1.42. The third kappa shape index (κ3) is 6.32. The highest BCUT2D eigenvalue weighted by molar-refractivity contribution is 4.72. The van der Waals surface area contributed by atoms with Gasteiger partial charge in [-0.05, 0) is 26.3 Å². The van der Waals surface area contributed by atoms with Gasteiger partial charge in [-0.25, -0.2) is 0 Å². The molecule has 0 aliphatic heterocycles. The number of aliphatic hydroxyl groups excluding tert-OH is 1. The molecule has 0 aromatic rings. The van der Waals surface area contributed by atoms with Crippen molar-refractivity contribution < 1.29 is 5.11 Å². The first-order valence-electron chi connectivity index (χ1n) is 4.69.